The lowest BCUT2D eigenvalue weighted by molar-refractivity contribution is -0.137. The van der Waals surface area contributed by atoms with E-state index in [1.54, 1.807) is 19.2 Å². The van der Waals surface area contributed by atoms with Crippen LogP contribution in [0, 0.1) is 12.8 Å². The topological polar surface area (TPSA) is 126 Å². The van der Waals surface area contributed by atoms with Crippen molar-refractivity contribution in [3.8, 4) is 5.75 Å². The van der Waals surface area contributed by atoms with E-state index in [4.69, 9.17) is 14.2 Å². The second-order valence-electron chi connectivity index (χ2n) is 10.4. The summed E-state index contributed by atoms with van der Waals surface area (Å²) in [6.45, 7) is 8.06. The molecule has 10 nitrogen and oxygen atoms in total. The number of carbonyl (C=O) groups is 3. The Bertz CT molecular complexity index is 1290. The average Bonchev–Trinajstić information content (AvgIpc) is 3.35. The quantitative estimate of drug-likeness (QED) is 0.242. The van der Waals surface area contributed by atoms with Gasteiger partial charge in [0.05, 0.1) is 38.0 Å². The van der Waals surface area contributed by atoms with Crippen LogP contribution in [0.25, 0.3) is 0 Å². The Hall–Kier alpha value is -3.89. The van der Waals surface area contributed by atoms with Crippen LogP contribution in [-0.2, 0) is 27.3 Å². The zero-order valence-corrected chi connectivity index (χ0v) is 24.0. The monoisotopic (exact) mass is 565 g/mol. The van der Waals surface area contributed by atoms with Crippen molar-refractivity contribution in [2.24, 2.45) is 5.92 Å². The SMILES string of the molecule is COc1c(C)c2c(c(NC(=O)Nc3ccccc3)c1C/C=C(\C)C(CCCN1CCOCC1)CC(=O)O)C(=O)OC2. The number of allylic oxidation sites excluding steroid dienone is 2. The first kappa shape index (κ1) is 30.1. The number of aliphatic carboxylic acids is 1. The van der Waals surface area contributed by atoms with E-state index in [1.807, 2.05) is 38.1 Å². The average molecular weight is 566 g/mol. The number of carboxylic acid groups (broad SMARTS) is 1. The number of fused-ring (bicyclic) bond motifs is 1. The van der Waals surface area contributed by atoms with Gasteiger partial charge < -0.3 is 30.0 Å². The van der Waals surface area contributed by atoms with Gasteiger partial charge in [-0.2, -0.15) is 0 Å². The third-order valence-corrected chi connectivity index (χ3v) is 7.77. The number of hydrogen-bond donors (Lipinski definition) is 3. The number of carboxylic acids is 1. The molecule has 3 N–H and O–H groups in total. The molecule has 0 aromatic heterocycles. The van der Waals surface area contributed by atoms with Crippen molar-refractivity contribution >= 4 is 29.3 Å². The summed E-state index contributed by atoms with van der Waals surface area (Å²) in [5, 5.41) is 15.3. The molecule has 0 radical (unpaired) electrons. The molecule has 2 heterocycles. The first-order valence-corrected chi connectivity index (χ1v) is 14.0. The highest BCUT2D eigenvalue weighted by Crippen LogP contribution is 2.41. The van der Waals surface area contributed by atoms with E-state index in [1.165, 1.54) is 0 Å². The minimum absolute atomic E-state index is 0.0305. The van der Waals surface area contributed by atoms with Gasteiger partial charge in [-0.15, -0.1) is 0 Å². The Labute approximate surface area is 240 Å². The van der Waals surface area contributed by atoms with Crippen LogP contribution in [0.3, 0.4) is 0 Å². The molecule has 0 saturated carbocycles. The number of nitrogens with one attached hydrogen (secondary N) is 2. The summed E-state index contributed by atoms with van der Waals surface area (Å²) in [5.41, 5.74) is 4.29. The number of morpholine rings is 1. The Morgan fingerprint density at radius 2 is 1.90 bits per heavy atom. The summed E-state index contributed by atoms with van der Waals surface area (Å²) >= 11 is 0. The van der Waals surface area contributed by atoms with Crippen molar-refractivity contribution in [3.63, 3.8) is 0 Å². The number of para-hydroxylation sites is 1. The molecule has 1 unspecified atom stereocenters. The molecular weight excluding hydrogens is 526 g/mol. The highest BCUT2D eigenvalue weighted by molar-refractivity contribution is 6.08. The zero-order valence-electron chi connectivity index (χ0n) is 24.0. The molecule has 41 heavy (non-hydrogen) atoms. The van der Waals surface area contributed by atoms with Crippen LogP contribution in [-0.4, -0.2) is 67.9 Å². The molecule has 1 fully saturated rings. The predicted molar refractivity (Wildman–Crippen MR) is 156 cm³/mol. The fourth-order valence-corrected chi connectivity index (χ4v) is 5.51. The highest BCUT2D eigenvalue weighted by Gasteiger charge is 2.33. The largest absolute Gasteiger partial charge is 0.496 e. The summed E-state index contributed by atoms with van der Waals surface area (Å²) in [4.78, 5) is 39.9. The molecule has 2 amide bonds. The van der Waals surface area contributed by atoms with Gasteiger partial charge >= 0.3 is 18.0 Å². The van der Waals surface area contributed by atoms with Crippen LogP contribution < -0.4 is 15.4 Å². The summed E-state index contributed by atoms with van der Waals surface area (Å²) in [6, 6.07) is 8.51. The summed E-state index contributed by atoms with van der Waals surface area (Å²) < 4.78 is 16.6. The van der Waals surface area contributed by atoms with Gasteiger partial charge in [0.1, 0.15) is 12.4 Å². The van der Waals surface area contributed by atoms with Crippen molar-refractivity contribution in [1.82, 2.24) is 4.90 Å². The van der Waals surface area contributed by atoms with E-state index in [0.29, 0.717) is 40.2 Å². The number of ether oxygens (including phenoxy) is 3. The van der Waals surface area contributed by atoms with Gasteiger partial charge in [0.15, 0.2) is 0 Å². The van der Waals surface area contributed by atoms with Gasteiger partial charge in [0, 0.05) is 29.9 Å². The maximum Gasteiger partial charge on any atom is 0.341 e. The predicted octanol–water partition coefficient (Wildman–Crippen LogP) is 5.01. The first-order chi connectivity index (χ1) is 19.8. The van der Waals surface area contributed by atoms with E-state index in [-0.39, 0.29) is 18.9 Å². The lowest BCUT2D eigenvalue weighted by Gasteiger charge is -2.27. The van der Waals surface area contributed by atoms with Crippen molar-refractivity contribution in [1.29, 1.82) is 0 Å². The van der Waals surface area contributed by atoms with Gasteiger partial charge in [0.25, 0.3) is 0 Å². The van der Waals surface area contributed by atoms with Crippen molar-refractivity contribution in [2.45, 2.75) is 46.1 Å². The van der Waals surface area contributed by atoms with E-state index >= 15 is 0 Å². The second-order valence-corrected chi connectivity index (χ2v) is 10.4. The number of rotatable bonds is 12. The number of urea groups is 1. The number of cyclic esters (lactones) is 1. The summed E-state index contributed by atoms with van der Waals surface area (Å²) in [5.74, 6) is -0.932. The van der Waals surface area contributed by atoms with Gasteiger partial charge in [-0.05, 0) is 63.3 Å². The molecule has 2 aromatic carbocycles. The number of methoxy groups -OCH3 is 1. The second kappa shape index (κ2) is 14.1. The van der Waals surface area contributed by atoms with Crippen LogP contribution >= 0.6 is 0 Å². The molecule has 1 saturated heterocycles. The van der Waals surface area contributed by atoms with Crippen molar-refractivity contribution < 1.29 is 33.7 Å². The van der Waals surface area contributed by atoms with Crippen molar-refractivity contribution in [3.05, 3.63) is 64.2 Å². The third-order valence-electron chi connectivity index (χ3n) is 7.77. The molecule has 220 valence electrons. The fourth-order valence-electron chi connectivity index (χ4n) is 5.51. The molecule has 2 aromatic rings. The maximum absolute atomic E-state index is 13.0. The Balaban J connectivity index is 1.60. The lowest BCUT2D eigenvalue weighted by Crippen LogP contribution is -2.37. The van der Waals surface area contributed by atoms with Crippen LogP contribution in [0.5, 0.6) is 5.75 Å². The van der Waals surface area contributed by atoms with E-state index in [9.17, 15) is 19.5 Å². The number of carbonyl (C=O) groups excluding carboxylic acids is 2. The van der Waals surface area contributed by atoms with E-state index < -0.39 is 18.0 Å². The molecule has 0 bridgehead atoms. The number of amides is 2. The molecule has 2 aliphatic rings. The lowest BCUT2D eigenvalue weighted by atomic mass is 9.89. The van der Waals surface area contributed by atoms with Crippen LogP contribution in [0.1, 0.15) is 53.2 Å². The standard InChI is InChI=1S/C31H39N3O7/c1-20(22(18-26(35)36)8-7-13-34-14-16-40-17-15-34)11-12-24-28(33-31(38)32-23-9-5-4-6-10-23)27-25(19-41-30(27)37)21(2)29(24)39-3/h4-6,9-11,22H,7-8,12-19H2,1-3H3,(H,35,36)(H2,32,33,38)/b20-11+. The van der Waals surface area contributed by atoms with Crippen LogP contribution in [0.2, 0.25) is 0 Å². The van der Waals surface area contributed by atoms with E-state index in [2.05, 4.69) is 15.5 Å². The van der Waals surface area contributed by atoms with Gasteiger partial charge in [-0.3, -0.25) is 9.69 Å². The molecule has 10 heteroatoms. The third kappa shape index (κ3) is 7.65. The molecular formula is C31H39N3O7. The number of anilines is 2. The molecule has 1 atom stereocenters. The van der Waals surface area contributed by atoms with Gasteiger partial charge in [-0.1, -0.05) is 29.8 Å². The van der Waals surface area contributed by atoms with Gasteiger partial charge in [0.2, 0.25) is 0 Å². The minimum atomic E-state index is -0.845. The summed E-state index contributed by atoms with van der Waals surface area (Å²) in [6.07, 6.45) is 3.96. The minimum Gasteiger partial charge on any atom is -0.496 e. The molecule has 4 rings (SSSR count). The number of benzene rings is 2. The number of nitrogens with zero attached hydrogens (tertiary/aromatic N) is 1. The Morgan fingerprint density at radius 1 is 1.17 bits per heavy atom. The van der Waals surface area contributed by atoms with Crippen LogP contribution in [0.4, 0.5) is 16.2 Å². The van der Waals surface area contributed by atoms with E-state index in [0.717, 1.165) is 56.8 Å². The highest BCUT2D eigenvalue weighted by atomic mass is 16.5. The van der Waals surface area contributed by atoms with Crippen molar-refractivity contribution in [2.75, 3.05) is 50.6 Å². The Kier molecular flexibility index (Phi) is 10.4. The maximum atomic E-state index is 13.0. The fraction of sp³-hybridized carbons (Fsp3) is 0.452. The molecule has 0 spiro atoms. The normalized spacial score (nSPS) is 16.1. The summed E-state index contributed by atoms with van der Waals surface area (Å²) in [7, 11) is 1.55. The zero-order chi connectivity index (χ0) is 29.4. The van der Waals surface area contributed by atoms with Gasteiger partial charge in [-0.25, -0.2) is 9.59 Å². The smallest absolute Gasteiger partial charge is 0.341 e. The molecule has 0 aliphatic carbocycles. The number of hydrogen-bond acceptors (Lipinski definition) is 7. The Morgan fingerprint density at radius 3 is 2.59 bits per heavy atom. The molecule has 2 aliphatic heterocycles. The number of esters is 1. The first-order valence-electron chi connectivity index (χ1n) is 14.0. The van der Waals surface area contributed by atoms with Crippen LogP contribution in [0.15, 0.2) is 42.0 Å².